The van der Waals surface area contributed by atoms with Crippen LogP contribution in [-0.2, 0) is 6.42 Å². The molecule has 2 N–H and O–H groups in total. The summed E-state index contributed by atoms with van der Waals surface area (Å²) in [5.41, 5.74) is 3.32. The van der Waals surface area contributed by atoms with Crippen LogP contribution in [0.25, 0.3) is 0 Å². The van der Waals surface area contributed by atoms with Gasteiger partial charge in [-0.2, -0.15) is 0 Å². The van der Waals surface area contributed by atoms with Crippen molar-refractivity contribution < 1.29 is 9.90 Å². The number of nitrogens with zero attached hydrogens (tertiary/aromatic N) is 2. The quantitative estimate of drug-likeness (QED) is 0.666. The fraction of sp³-hybridized carbons (Fsp3) is 0.458. The van der Waals surface area contributed by atoms with Gasteiger partial charge in [0.15, 0.2) is 0 Å². The van der Waals surface area contributed by atoms with E-state index in [4.69, 9.17) is 0 Å². The van der Waals surface area contributed by atoms with Gasteiger partial charge < -0.3 is 20.2 Å². The number of carbonyl (C=O) groups excluding carboxylic acids is 1. The second-order valence-electron chi connectivity index (χ2n) is 8.42. The van der Waals surface area contributed by atoms with Crippen molar-refractivity contribution in [2.24, 2.45) is 0 Å². The molecular formula is C24H35N3O2. The van der Waals surface area contributed by atoms with Gasteiger partial charge in [-0.25, -0.2) is 0 Å². The lowest BCUT2D eigenvalue weighted by atomic mass is 10.0. The first-order chi connectivity index (χ1) is 13.6. The first kappa shape index (κ1) is 22.8. The van der Waals surface area contributed by atoms with E-state index in [2.05, 4.69) is 17.1 Å². The second-order valence-corrected chi connectivity index (χ2v) is 8.42. The number of hydrogen-bond acceptors (Lipinski definition) is 4. The molecule has 0 aliphatic rings. The number of hydrogen-bond donors (Lipinski definition) is 2. The summed E-state index contributed by atoms with van der Waals surface area (Å²) in [5, 5.41) is 13.8. The average Bonchev–Trinajstić information content (AvgIpc) is 2.64. The van der Waals surface area contributed by atoms with Crippen LogP contribution in [0.15, 0.2) is 42.5 Å². The number of likely N-dealkylation sites (N-methyl/N-ethyl adjacent to an activating group) is 1. The molecule has 0 aromatic heterocycles. The molecule has 0 saturated heterocycles. The number of aromatic hydroxyl groups is 1. The molecule has 0 saturated carbocycles. The monoisotopic (exact) mass is 397 g/mol. The molecule has 1 atom stereocenters. The summed E-state index contributed by atoms with van der Waals surface area (Å²) in [6, 6.07) is 13.6. The lowest BCUT2D eigenvalue weighted by molar-refractivity contribution is 0.0644. The standard InChI is InChI=1S/C24H35N3O2/c1-16(2)27(17(3)4)24(29)19-11-13-20(14-12-19)25-22-9-8-10-23(28)21(22)15-18(5)26(6)7/h8-14,16-18,25,28H,15H2,1-7H3. The minimum absolute atomic E-state index is 0.0411. The Morgan fingerprint density at radius 2 is 1.55 bits per heavy atom. The van der Waals surface area contributed by atoms with E-state index in [1.807, 2.05) is 83.1 Å². The minimum atomic E-state index is 0.0411. The highest BCUT2D eigenvalue weighted by Gasteiger charge is 2.21. The van der Waals surface area contributed by atoms with Crippen LogP contribution in [0.2, 0.25) is 0 Å². The van der Waals surface area contributed by atoms with Crippen LogP contribution in [0, 0.1) is 0 Å². The van der Waals surface area contributed by atoms with E-state index in [0.717, 1.165) is 23.4 Å². The molecule has 5 heteroatoms. The van der Waals surface area contributed by atoms with Gasteiger partial charge in [-0.3, -0.25) is 4.79 Å². The van der Waals surface area contributed by atoms with Crippen LogP contribution in [0.3, 0.4) is 0 Å². The van der Waals surface area contributed by atoms with Crippen LogP contribution < -0.4 is 5.32 Å². The summed E-state index contributed by atoms with van der Waals surface area (Å²) >= 11 is 0. The van der Waals surface area contributed by atoms with Gasteiger partial charge in [0.1, 0.15) is 5.75 Å². The Bertz CT molecular complexity index is 805. The Balaban J connectivity index is 2.22. The van der Waals surface area contributed by atoms with Gasteiger partial charge in [0, 0.05) is 40.6 Å². The van der Waals surface area contributed by atoms with Gasteiger partial charge in [-0.15, -0.1) is 0 Å². The van der Waals surface area contributed by atoms with E-state index in [1.54, 1.807) is 6.07 Å². The van der Waals surface area contributed by atoms with Gasteiger partial charge in [0.2, 0.25) is 0 Å². The summed E-state index contributed by atoms with van der Waals surface area (Å²) < 4.78 is 0. The molecule has 0 bridgehead atoms. The molecule has 158 valence electrons. The number of benzene rings is 2. The molecule has 1 amide bonds. The van der Waals surface area contributed by atoms with Crippen LogP contribution in [0.4, 0.5) is 11.4 Å². The molecule has 2 rings (SSSR count). The molecule has 5 nitrogen and oxygen atoms in total. The molecule has 0 fully saturated rings. The summed E-state index contributed by atoms with van der Waals surface area (Å²) in [5.74, 6) is 0.333. The van der Waals surface area contributed by atoms with Crippen LogP contribution in [-0.4, -0.2) is 53.0 Å². The molecule has 0 radical (unpaired) electrons. The largest absolute Gasteiger partial charge is 0.508 e. The topological polar surface area (TPSA) is 55.8 Å². The normalized spacial score (nSPS) is 12.5. The smallest absolute Gasteiger partial charge is 0.254 e. The molecule has 2 aromatic carbocycles. The predicted molar refractivity (Wildman–Crippen MR) is 121 cm³/mol. The Hall–Kier alpha value is -2.53. The van der Waals surface area contributed by atoms with Crippen molar-refractivity contribution in [2.45, 2.75) is 59.2 Å². The van der Waals surface area contributed by atoms with Crippen molar-refractivity contribution in [3.63, 3.8) is 0 Å². The zero-order valence-corrected chi connectivity index (χ0v) is 18.7. The Labute approximate surface area is 175 Å². The minimum Gasteiger partial charge on any atom is -0.508 e. The fourth-order valence-corrected chi connectivity index (χ4v) is 3.45. The highest BCUT2D eigenvalue weighted by Crippen LogP contribution is 2.30. The molecular weight excluding hydrogens is 362 g/mol. The highest BCUT2D eigenvalue weighted by atomic mass is 16.3. The van der Waals surface area contributed by atoms with Crippen molar-refractivity contribution in [3.05, 3.63) is 53.6 Å². The van der Waals surface area contributed by atoms with Crippen LogP contribution in [0.5, 0.6) is 5.75 Å². The van der Waals surface area contributed by atoms with E-state index in [9.17, 15) is 9.90 Å². The molecule has 29 heavy (non-hydrogen) atoms. The molecule has 2 aromatic rings. The van der Waals surface area contributed by atoms with Crippen molar-refractivity contribution >= 4 is 17.3 Å². The number of carbonyl (C=O) groups is 1. The van der Waals surface area contributed by atoms with Gasteiger partial charge in [-0.1, -0.05) is 6.07 Å². The third-order valence-electron chi connectivity index (χ3n) is 5.29. The summed E-state index contributed by atoms with van der Waals surface area (Å²) in [4.78, 5) is 16.9. The lowest BCUT2D eigenvalue weighted by Gasteiger charge is -2.31. The molecule has 1 unspecified atom stereocenters. The van der Waals surface area contributed by atoms with Crippen molar-refractivity contribution in [1.82, 2.24) is 9.80 Å². The average molecular weight is 398 g/mol. The Kier molecular flexibility index (Phi) is 7.68. The SMILES string of the molecule is CC(Cc1c(O)cccc1Nc1ccc(C(=O)N(C(C)C)C(C)C)cc1)N(C)C. The van der Waals surface area contributed by atoms with Crippen molar-refractivity contribution in [1.29, 1.82) is 0 Å². The first-order valence-electron chi connectivity index (χ1n) is 10.3. The third kappa shape index (κ3) is 5.73. The maximum atomic E-state index is 12.8. The zero-order chi connectivity index (χ0) is 21.7. The summed E-state index contributed by atoms with van der Waals surface area (Å²) in [6.07, 6.45) is 0.732. The number of phenols is 1. The van der Waals surface area contributed by atoms with Gasteiger partial charge >= 0.3 is 0 Å². The van der Waals surface area contributed by atoms with Gasteiger partial charge in [-0.05, 0) is 91.5 Å². The summed E-state index contributed by atoms with van der Waals surface area (Å²) in [6.45, 7) is 10.3. The molecule has 0 aliphatic carbocycles. The van der Waals surface area contributed by atoms with E-state index >= 15 is 0 Å². The maximum Gasteiger partial charge on any atom is 0.254 e. The third-order valence-corrected chi connectivity index (χ3v) is 5.29. The van der Waals surface area contributed by atoms with Crippen LogP contribution in [0.1, 0.15) is 50.5 Å². The Morgan fingerprint density at radius 3 is 2.07 bits per heavy atom. The lowest BCUT2D eigenvalue weighted by Crippen LogP contribution is -2.42. The molecule has 0 spiro atoms. The number of nitrogens with one attached hydrogen (secondary N) is 1. The van der Waals surface area contributed by atoms with Gasteiger partial charge in [0.25, 0.3) is 5.91 Å². The molecule has 0 heterocycles. The number of anilines is 2. The van der Waals surface area contributed by atoms with E-state index in [-0.39, 0.29) is 18.0 Å². The fourth-order valence-electron chi connectivity index (χ4n) is 3.45. The maximum absolute atomic E-state index is 12.8. The second kappa shape index (κ2) is 9.79. The number of phenolic OH excluding ortho intramolecular Hbond substituents is 1. The van der Waals surface area contributed by atoms with E-state index < -0.39 is 0 Å². The highest BCUT2D eigenvalue weighted by molar-refractivity contribution is 5.95. The number of amides is 1. The molecule has 0 aliphatic heterocycles. The Morgan fingerprint density at radius 1 is 0.966 bits per heavy atom. The van der Waals surface area contributed by atoms with E-state index in [0.29, 0.717) is 17.4 Å². The van der Waals surface area contributed by atoms with Gasteiger partial charge in [0.05, 0.1) is 0 Å². The van der Waals surface area contributed by atoms with Crippen molar-refractivity contribution in [3.8, 4) is 5.75 Å². The van der Waals surface area contributed by atoms with Crippen molar-refractivity contribution in [2.75, 3.05) is 19.4 Å². The first-order valence-corrected chi connectivity index (χ1v) is 10.3. The van der Waals surface area contributed by atoms with Crippen LogP contribution >= 0.6 is 0 Å². The summed E-state index contributed by atoms with van der Waals surface area (Å²) in [7, 11) is 4.07. The zero-order valence-electron chi connectivity index (χ0n) is 18.7. The predicted octanol–water partition coefficient (Wildman–Crippen LogP) is 4.89. The number of rotatable bonds is 8. The van der Waals surface area contributed by atoms with E-state index in [1.165, 1.54) is 0 Å².